The minimum atomic E-state index is -0.140. The minimum Gasteiger partial charge on any atom is -0.495 e. The maximum atomic E-state index is 13.0. The third-order valence-corrected chi connectivity index (χ3v) is 5.69. The summed E-state index contributed by atoms with van der Waals surface area (Å²) in [6.45, 7) is 5.15. The number of ether oxygens (including phenoxy) is 1. The summed E-state index contributed by atoms with van der Waals surface area (Å²) >= 11 is 0. The summed E-state index contributed by atoms with van der Waals surface area (Å²) in [5.74, 6) is 0.391. The van der Waals surface area contributed by atoms with Gasteiger partial charge in [0.2, 0.25) is 5.91 Å². The molecular formula is C23H27N5O3. The number of pyridine rings is 1. The molecule has 3 aromatic rings. The van der Waals surface area contributed by atoms with Crippen LogP contribution in [0.4, 0.5) is 5.69 Å². The lowest BCUT2D eigenvalue weighted by Gasteiger charge is -2.31. The van der Waals surface area contributed by atoms with Gasteiger partial charge in [0.05, 0.1) is 24.6 Å². The molecule has 1 saturated heterocycles. The molecule has 3 heterocycles. The first-order valence-corrected chi connectivity index (χ1v) is 10.5. The van der Waals surface area contributed by atoms with E-state index in [1.807, 2.05) is 48.9 Å². The summed E-state index contributed by atoms with van der Waals surface area (Å²) in [5.41, 5.74) is 1.99. The van der Waals surface area contributed by atoms with Crippen LogP contribution in [0.1, 0.15) is 43.1 Å². The average Bonchev–Trinajstić information content (AvgIpc) is 3.22. The largest absolute Gasteiger partial charge is 0.495 e. The molecule has 8 nitrogen and oxygen atoms in total. The van der Waals surface area contributed by atoms with Gasteiger partial charge in [-0.2, -0.15) is 5.10 Å². The smallest absolute Gasteiger partial charge is 0.255 e. The van der Waals surface area contributed by atoms with Gasteiger partial charge in [0.1, 0.15) is 5.75 Å². The van der Waals surface area contributed by atoms with Crippen LogP contribution >= 0.6 is 0 Å². The van der Waals surface area contributed by atoms with Crippen LogP contribution < -0.4 is 10.1 Å². The van der Waals surface area contributed by atoms with Crippen molar-refractivity contribution in [3.8, 4) is 5.75 Å². The van der Waals surface area contributed by atoms with E-state index in [0.717, 1.165) is 11.0 Å². The van der Waals surface area contributed by atoms with Crippen LogP contribution in [0.3, 0.4) is 0 Å². The van der Waals surface area contributed by atoms with E-state index in [0.29, 0.717) is 42.9 Å². The molecule has 1 fully saturated rings. The number of benzene rings is 1. The van der Waals surface area contributed by atoms with Crippen molar-refractivity contribution in [2.24, 2.45) is 5.92 Å². The van der Waals surface area contributed by atoms with Crippen molar-refractivity contribution in [3.05, 3.63) is 48.3 Å². The Morgan fingerprint density at radius 2 is 1.90 bits per heavy atom. The maximum absolute atomic E-state index is 13.0. The third-order valence-electron chi connectivity index (χ3n) is 5.69. The van der Waals surface area contributed by atoms with Gasteiger partial charge in [0, 0.05) is 36.6 Å². The van der Waals surface area contributed by atoms with E-state index < -0.39 is 0 Å². The Morgan fingerprint density at radius 1 is 1.16 bits per heavy atom. The van der Waals surface area contributed by atoms with Crippen molar-refractivity contribution in [2.45, 2.75) is 32.7 Å². The molecule has 4 rings (SSSR count). The SMILES string of the molecule is COc1ccccc1NC(=O)C1CCN(C(=O)c2cnc3c(cnn3C(C)C)c2)CC1. The highest BCUT2D eigenvalue weighted by atomic mass is 16.5. The quantitative estimate of drug-likeness (QED) is 0.681. The zero-order valence-electron chi connectivity index (χ0n) is 18.0. The second-order valence-electron chi connectivity index (χ2n) is 8.08. The van der Waals surface area contributed by atoms with E-state index in [9.17, 15) is 9.59 Å². The van der Waals surface area contributed by atoms with Crippen LogP contribution in [-0.2, 0) is 4.79 Å². The van der Waals surface area contributed by atoms with Gasteiger partial charge in [-0.15, -0.1) is 0 Å². The van der Waals surface area contributed by atoms with Crippen LogP contribution in [0.15, 0.2) is 42.7 Å². The zero-order chi connectivity index (χ0) is 22.0. The number of nitrogens with zero attached hydrogens (tertiary/aromatic N) is 4. The van der Waals surface area contributed by atoms with Crippen molar-refractivity contribution in [1.29, 1.82) is 0 Å². The molecule has 1 aliphatic heterocycles. The Labute approximate surface area is 181 Å². The van der Waals surface area contributed by atoms with Crippen molar-refractivity contribution in [1.82, 2.24) is 19.7 Å². The summed E-state index contributed by atoms with van der Waals surface area (Å²) in [4.78, 5) is 31.9. The predicted octanol–water partition coefficient (Wildman–Crippen LogP) is 3.51. The first-order chi connectivity index (χ1) is 15.0. The molecule has 1 aliphatic rings. The molecule has 0 spiro atoms. The topological polar surface area (TPSA) is 89.3 Å². The normalized spacial score (nSPS) is 14.8. The van der Waals surface area contributed by atoms with Crippen molar-refractivity contribution in [2.75, 3.05) is 25.5 Å². The van der Waals surface area contributed by atoms with Crippen LogP contribution in [-0.4, -0.2) is 51.7 Å². The molecule has 162 valence electrons. The van der Waals surface area contributed by atoms with Crippen LogP contribution in [0.5, 0.6) is 5.75 Å². The van der Waals surface area contributed by atoms with Crippen LogP contribution in [0.2, 0.25) is 0 Å². The van der Waals surface area contributed by atoms with Gasteiger partial charge in [-0.3, -0.25) is 9.59 Å². The molecule has 31 heavy (non-hydrogen) atoms. The number of aromatic nitrogens is 3. The maximum Gasteiger partial charge on any atom is 0.255 e. The lowest BCUT2D eigenvalue weighted by Crippen LogP contribution is -2.41. The van der Waals surface area contributed by atoms with Gasteiger partial charge in [-0.1, -0.05) is 12.1 Å². The number of likely N-dealkylation sites (tertiary alicyclic amines) is 1. The number of carbonyl (C=O) groups excluding carboxylic acids is 2. The molecule has 0 atom stereocenters. The highest BCUT2D eigenvalue weighted by Crippen LogP contribution is 2.26. The minimum absolute atomic E-state index is 0.0409. The van der Waals surface area contributed by atoms with E-state index in [2.05, 4.69) is 15.4 Å². The molecule has 2 amide bonds. The first kappa shape index (κ1) is 20.8. The van der Waals surface area contributed by atoms with Crippen LogP contribution in [0, 0.1) is 5.92 Å². The predicted molar refractivity (Wildman–Crippen MR) is 118 cm³/mol. The van der Waals surface area contributed by atoms with Crippen LogP contribution in [0.25, 0.3) is 11.0 Å². The molecule has 2 aromatic heterocycles. The molecule has 8 heteroatoms. The van der Waals surface area contributed by atoms with Gasteiger partial charge in [0.25, 0.3) is 5.91 Å². The Kier molecular flexibility index (Phi) is 5.88. The highest BCUT2D eigenvalue weighted by Gasteiger charge is 2.28. The number of amides is 2. The molecule has 1 aromatic carbocycles. The van der Waals surface area contributed by atoms with Crippen molar-refractivity contribution >= 4 is 28.5 Å². The number of carbonyl (C=O) groups is 2. The molecular weight excluding hydrogens is 394 g/mol. The van der Waals surface area contributed by atoms with Gasteiger partial charge >= 0.3 is 0 Å². The number of fused-ring (bicyclic) bond motifs is 1. The number of nitrogens with one attached hydrogen (secondary N) is 1. The Morgan fingerprint density at radius 3 is 2.61 bits per heavy atom. The Balaban J connectivity index is 1.38. The zero-order valence-corrected chi connectivity index (χ0v) is 18.0. The van der Waals surface area contributed by atoms with Gasteiger partial charge in [-0.05, 0) is 44.9 Å². The fourth-order valence-corrected chi connectivity index (χ4v) is 3.94. The van der Waals surface area contributed by atoms with Gasteiger partial charge < -0.3 is 15.0 Å². The number of hydrogen-bond donors (Lipinski definition) is 1. The van der Waals surface area contributed by atoms with E-state index in [1.165, 1.54) is 0 Å². The molecule has 0 radical (unpaired) electrons. The number of anilines is 1. The van der Waals surface area contributed by atoms with Crippen molar-refractivity contribution in [3.63, 3.8) is 0 Å². The van der Waals surface area contributed by atoms with Crippen molar-refractivity contribution < 1.29 is 14.3 Å². The number of piperidine rings is 1. The number of hydrogen-bond acceptors (Lipinski definition) is 5. The number of para-hydroxylation sites is 2. The average molecular weight is 422 g/mol. The van der Waals surface area contributed by atoms with Gasteiger partial charge in [0.15, 0.2) is 5.65 Å². The molecule has 0 saturated carbocycles. The van der Waals surface area contributed by atoms with E-state index in [4.69, 9.17) is 4.74 Å². The Hall–Kier alpha value is -3.42. The first-order valence-electron chi connectivity index (χ1n) is 10.5. The second kappa shape index (κ2) is 8.75. The fraction of sp³-hybridized carbons (Fsp3) is 0.391. The van der Waals surface area contributed by atoms with E-state index in [1.54, 1.807) is 24.4 Å². The van der Waals surface area contributed by atoms with E-state index >= 15 is 0 Å². The third kappa shape index (κ3) is 4.23. The summed E-state index contributed by atoms with van der Waals surface area (Å²) in [6.07, 6.45) is 4.60. The molecule has 1 N–H and O–H groups in total. The monoisotopic (exact) mass is 421 g/mol. The molecule has 0 unspecified atom stereocenters. The lowest BCUT2D eigenvalue weighted by molar-refractivity contribution is -0.121. The lowest BCUT2D eigenvalue weighted by atomic mass is 9.95. The Bertz CT molecular complexity index is 1100. The summed E-state index contributed by atoms with van der Waals surface area (Å²) in [6, 6.07) is 9.39. The van der Waals surface area contributed by atoms with E-state index in [-0.39, 0.29) is 23.8 Å². The molecule has 0 aliphatic carbocycles. The van der Waals surface area contributed by atoms with Gasteiger partial charge in [-0.25, -0.2) is 9.67 Å². The summed E-state index contributed by atoms with van der Waals surface area (Å²) < 4.78 is 7.14. The summed E-state index contributed by atoms with van der Waals surface area (Å²) in [5, 5.41) is 8.16. The number of rotatable bonds is 5. The highest BCUT2D eigenvalue weighted by molar-refractivity contribution is 5.97. The standard InChI is InChI=1S/C23H27N5O3/c1-15(2)28-21-17(14-25-28)12-18(13-24-21)23(30)27-10-8-16(9-11-27)22(29)26-19-6-4-5-7-20(19)31-3/h4-7,12-16H,8-11H2,1-3H3,(H,26,29). The second-order valence-corrected chi connectivity index (χ2v) is 8.08. The number of methoxy groups -OCH3 is 1. The summed E-state index contributed by atoms with van der Waals surface area (Å²) in [7, 11) is 1.58. The fourth-order valence-electron chi connectivity index (χ4n) is 3.94. The molecule has 0 bridgehead atoms.